The van der Waals surface area contributed by atoms with Crippen molar-refractivity contribution < 1.29 is 13.6 Å². The third kappa shape index (κ3) is 3.41. The molecular formula is C26H23F2N7O2. The summed E-state index contributed by atoms with van der Waals surface area (Å²) in [7, 11) is 1.72. The monoisotopic (exact) mass is 503 g/mol. The summed E-state index contributed by atoms with van der Waals surface area (Å²) >= 11 is 0. The minimum Gasteiger partial charge on any atom is -0.340 e. The van der Waals surface area contributed by atoms with Gasteiger partial charge in [-0.25, -0.2) is 18.3 Å². The summed E-state index contributed by atoms with van der Waals surface area (Å²) in [6, 6.07) is 6.58. The van der Waals surface area contributed by atoms with Crippen LogP contribution in [0.3, 0.4) is 0 Å². The van der Waals surface area contributed by atoms with E-state index in [-0.39, 0.29) is 18.0 Å². The van der Waals surface area contributed by atoms with Crippen LogP contribution in [0.2, 0.25) is 0 Å². The molecule has 0 bridgehead atoms. The number of benzene rings is 2. The second-order valence-electron chi connectivity index (χ2n) is 9.30. The van der Waals surface area contributed by atoms with Gasteiger partial charge in [0.25, 0.3) is 0 Å². The molecule has 4 heterocycles. The van der Waals surface area contributed by atoms with Crippen molar-refractivity contribution in [3.8, 4) is 17.2 Å². The molecule has 188 valence electrons. The highest BCUT2D eigenvalue weighted by Gasteiger charge is 2.28. The number of halogens is 2. The Labute approximate surface area is 209 Å². The number of imidazole rings is 1. The van der Waals surface area contributed by atoms with Crippen LogP contribution in [0, 0.1) is 25.5 Å². The zero-order valence-corrected chi connectivity index (χ0v) is 20.4. The van der Waals surface area contributed by atoms with Crippen LogP contribution in [0.5, 0.6) is 0 Å². The molecule has 37 heavy (non-hydrogen) atoms. The van der Waals surface area contributed by atoms with Crippen molar-refractivity contribution in [3.63, 3.8) is 0 Å². The fraction of sp³-hybridized carbons (Fsp3) is 0.231. The van der Waals surface area contributed by atoms with Crippen molar-refractivity contribution in [2.45, 2.75) is 26.8 Å². The van der Waals surface area contributed by atoms with Gasteiger partial charge in [0.15, 0.2) is 5.82 Å². The van der Waals surface area contributed by atoms with Crippen LogP contribution in [-0.4, -0.2) is 46.5 Å². The Morgan fingerprint density at radius 3 is 2.49 bits per heavy atom. The molecule has 0 atom stereocenters. The number of nitrogens with zero attached hydrogens (tertiary/aromatic N) is 7. The quantitative estimate of drug-likeness (QED) is 0.353. The van der Waals surface area contributed by atoms with Gasteiger partial charge in [0.2, 0.25) is 6.41 Å². The summed E-state index contributed by atoms with van der Waals surface area (Å²) in [6.07, 6.45) is 5.74. The molecular weight excluding hydrogens is 480 g/mol. The number of rotatable bonds is 4. The van der Waals surface area contributed by atoms with Crippen molar-refractivity contribution in [3.05, 3.63) is 87.4 Å². The van der Waals surface area contributed by atoms with Crippen molar-refractivity contribution in [2.24, 2.45) is 7.05 Å². The van der Waals surface area contributed by atoms with Crippen LogP contribution >= 0.6 is 0 Å². The Bertz CT molecular complexity index is 1750. The van der Waals surface area contributed by atoms with Crippen LogP contribution in [0.15, 0.2) is 47.7 Å². The number of hydrogen-bond acceptors (Lipinski definition) is 4. The Morgan fingerprint density at radius 2 is 1.76 bits per heavy atom. The molecule has 0 unspecified atom stereocenters. The molecule has 1 aliphatic heterocycles. The van der Waals surface area contributed by atoms with E-state index < -0.39 is 11.5 Å². The zero-order chi connectivity index (χ0) is 26.0. The topological polar surface area (TPSA) is 82.9 Å². The number of carbonyl (C=O) groups is 1. The maximum atomic E-state index is 15.4. The standard InChI is InChI=1S/C26H23F2N7O2/c1-15-10-17(11-16(2)23(15)27)35-25(19-13-32(14-36)7-6-20(19)30-35)34-9-8-33(26(34)37)22-5-4-21-18(24(22)28)12-29-31(21)3/h4-5,8-12,14H,6-7,13H2,1-3H3. The largest absolute Gasteiger partial charge is 0.340 e. The lowest BCUT2D eigenvalue weighted by Gasteiger charge is -2.22. The van der Waals surface area contributed by atoms with E-state index in [4.69, 9.17) is 5.10 Å². The van der Waals surface area contributed by atoms with Crippen molar-refractivity contribution in [1.82, 2.24) is 33.6 Å². The number of carbonyl (C=O) groups excluding carboxylic acids is 1. The number of hydrogen-bond donors (Lipinski definition) is 0. The normalized spacial score (nSPS) is 13.4. The first kappa shape index (κ1) is 22.9. The van der Waals surface area contributed by atoms with E-state index in [0.29, 0.717) is 52.1 Å². The number of aromatic nitrogens is 6. The molecule has 0 radical (unpaired) electrons. The molecule has 1 aliphatic rings. The van der Waals surface area contributed by atoms with E-state index in [2.05, 4.69) is 5.10 Å². The molecule has 11 heteroatoms. The summed E-state index contributed by atoms with van der Waals surface area (Å²) in [5.41, 5.74) is 3.12. The molecule has 0 fully saturated rings. The number of amides is 1. The average Bonchev–Trinajstić information content (AvgIpc) is 3.57. The highest BCUT2D eigenvalue weighted by atomic mass is 19.1. The number of fused-ring (bicyclic) bond motifs is 2. The predicted octanol–water partition coefficient (Wildman–Crippen LogP) is 3.11. The first-order valence-electron chi connectivity index (χ1n) is 11.8. The summed E-state index contributed by atoms with van der Waals surface area (Å²) < 4.78 is 35.6. The Morgan fingerprint density at radius 1 is 1.03 bits per heavy atom. The molecule has 6 rings (SSSR count). The van der Waals surface area contributed by atoms with Crippen LogP contribution in [0.25, 0.3) is 28.1 Å². The van der Waals surface area contributed by atoms with Gasteiger partial charge in [0.1, 0.15) is 11.6 Å². The summed E-state index contributed by atoms with van der Waals surface area (Å²) in [6.45, 7) is 4.10. The lowest BCUT2D eigenvalue weighted by molar-refractivity contribution is -0.118. The lowest BCUT2D eigenvalue weighted by Crippen LogP contribution is -2.30. The molecule has 3 aromatic heterocycles. The van der Waals surface area contributed by atoms with Crippen LogP contribution in [0.1, 0.15) is 22.4 Å². The van der Waals surface area contributed by atoms with Gasteiger partial charge in [-0.1, -0.05) is 0 Å². The first-order valence-corrected chi connectivity index (χ1v) is 11.8. The van der Waals surface area contributed by atoms with Crippen molar-refractivity contribution in [2.75, 3.05) is 6.54 Å². The van der Waals surface area contributed by atoms with Gasteiger partial charge in [0.05, 0.1) is 40.7 Å². The van der Waals surface area contributed by atoms with Crippen molar-refractivity contribution in [1.29, 1.82) is 0 Å². The fourth-order valence-corrected chi connectivity index (χ4v) is 5.03. The lowest BCUT2D eigenvalue weighted by atomic mass is 10.1. The van der Waals surface area contributed by atoms with Gasteiger partial charge in [0, 0.05) is 38.0 Å². The highest BCUT2D eigenvalue weighted by Crippen LogP contribution is 2.29. The van der Waals surface area contributed by atoms with E-state index in [1.165, 1.54) is 21.5 Å². The molecule has 1 amide bonds. The highest BCUT2D eigenvalue weighted by molar-refractivity contribution is 5.81. The Kier molecular flexibility index (Phi) is 5.11. The molecule has 0 spiro atoms. The van der Waals surface area contributed by atoms with E-state index in [0.717, 1.165) is 12.1 Å². The van der Waals surface area contributed by atoms with Gasteiger partial charge in [-0.3, -0.25) is 18.6 Å². The summed E-state index contributed by atoms with van der Waals surface area (Å²) in [5.74, 6) is -0.435. The summed E-state index contributed by atoms with van der Waals surface area (Å²) in [4.78, 5) is 26.9. The molecule has 2 aromatic carbocycles. The van der Waals surface area contributed by atoms with E-state index in [1.54, 1.807) is 65.6 Å². The van der Waals surface area contributed by atoms with E-state index in [9.17, 15) is 14.0 Å². The van der Waals surface area contributed by atoms with Gasteiger partial charge in [-0.05, 0) is 49.2 Å². The second-order valence-corrected chi connectivity index (χ2v) is 9.30. The smallest absolute Gasteiger partial charge is 0.338 e. The Balaban J connectivity index is 1.57. The van der Waals surface area contributed by atoms with Crippen LogP contribution in [-0.2, 0) is 24.8 Å². The molecule has 5 aromatic rings. The van der Waals surface area contributed by atoms with Crippen LogP contribution in [0.4, 0.5) is 8.78 Å². The Hall–Kier alpha value is -4.54. The minimum atomic E-state index is -0.557. The minimum absolute atomic E-state index is 0.0900. The third-order valence-electron chi connectivity index (χ3n) is 6.96. The molecule has 0 aliphatic carbocycles. The van der Waals surface area contributed by atoms with Gasteiger partial charge in [-0.15, -0.1) is 0 Å². The van der Waals surface area contributed by atoms with Gasteiger partial charge >= 0.3 is 5.69 Å². The van der Waals surface area contributed by atoms with Gasteiger partial charge in [-0.2, -0.15) is 10.2 Å². The summed E-state index contributed by atoms with van der Waals surface area (Å²) in [5, 5.41) is 9.17. The molecule has 0 saturated carbocycles. The predicted molar refractivity (Wildman–Crippen MR) is 132 cm³/mol. The maximum absolute atomic E-state index is 15.4. The molecule has 0 saturated heterocycles. The second kappa shape index (κ2) is 8.26. The molecule has 9 nitrogen and oxygen atoms in total. The van der Waals surface area contributed by atoms with E-state index in [1.807, 2.05) is 0 Å². The average molecular weight is 504 g/mol. The SMILES string of the molecule is Cc1cc(-n2nc3c(c2-n2ccn(-c4ccc5c(cnn5C)c4F)c2=O)CN(C=O)CC3)cc(C)c1F. The van der Waals surface area contributed by atoms with Crippen LogP contribution < -0.4 is 5.69 Å². The fourth-order valence-electron chi connectivity index (χ4n) is 5.03. The third-order valence-corrected chi connectivity index (χ3v) is 6.96. The zero-order valence-electron chi connectivity index (χ0n) is 20.4. The van der Waals surface area contributed by atoms with E-state index >= 15 is 4.39 Å². The molecule has 0 N–H and O–H groups in total. The van der Waals surface area contributed by atoms with Crippen molar-refractivity contribution >= 4 is 17.3 Å². The van der Waals surface area contributed by atoms with Gasteiger partial charge < -0.3 is 4.90 Å². The maximum Gasteiger partial charge on any atom is 0.338 e. The number of aryl methyl sites for hydroxylation is 3. The first-order chi connectivity index (χ1) is 17.8.